The van der Waals surface area contributed by atoms with Gasteiger partial charge in [0.05, 0.1) is 18.0 Å². The van der Waals surface area contributed by atoms with Crippen molar-refractivity contribution >= 4 is 16.8 Å². The van der Waals surface area contributed by atoms with Crippen molar-refractivity contribution < 1.29 is 9.53 Å². The van der Waals surface area contributed by atoms with Crippen LogP contribution in [0.2, 0.25) is 0 Å². The summed E-state index contributed by atoms with van der Waals surface area (Å²) in [6.45, 7) is 0.258. The molecule has 0 saturated heterocycles. The number of fused-ring (bicyclic) bond motifs is 1. The van der Waals surface area contributed by atoms with E-state index in [1.807, 2.05) is 54.6 Å². The van der Waals surface area contributed by atoms with Crippen molar-refractivity contribution in [2.45, 2.75) is 19.0 Å². The van der Waals surface area contributed by atoms with Crippen molar-refractivity contribution in [3.8, 4) is 5.75 Å². The smallest absolute Gasteiger partial charge is 0.329 e. The Morgan fingerprint density at radius 1 is 0.938 bits per heavy atom. The first-order valence-corrected chi connectivity index (χ1v) is 10.2. The van der Waals surface area contributed by atoms with E-state index in [-0.39, 0.29) is 13.0 Å². The number of aromatic amines is 1. The molecule has 162 valence electrons. The second kappa shape index (κ2) is 9.34. The van der Waals surface area contributed by atoms with Gasteiger partial charge in [-0.05, 0) is 35.4 Å². The van der Waals surface area contributed by atoms with E-state index in [1.165, 1.54) is 0 Å². The molecule has 0 aliphatic heterocycles. The Hall–Kier alpha value is -4.13. The normalized spacial score (nSPS) is 11.8. The Morgan fingerprint density at radius 3 is 2.34 bits per heavy atom. The van der Waals surface area contributed by atoms with Crippen molar-refractivity contribution in [3.63, 3.8) is 0 Å². The van der Waals surface area contributed by atoms with Crippen molar-refractivity contribution in [1.29, 1.82) is 0 Å². The molecule has 1 amide bonds. The van der Waals surface area contributed by atoms with Crippen LogP contribution in [0.3, 0.4) is 0 Å². The summed E-state index contributed by atoms with van der Waals surface area (Å²) in [6.07, 6.45) is 0.205. The van der Waals surface area contributed by atoms with Gasteiger partial charge in [-0.25, -0.2) is 9.36 Å². The molecule has 4 rings (SSSR count). The van der Waals surface area contributed by atoms with Gasteiger partial charge in [0.25, 0.3) is 5.56 Å². The fourth-order valence-electron chi connectivity index (χ4n) is 3.65. The lowest BCUT2D eigenvalue weighted by Crippen LogP contribution is -2.45. The monoisotopic (exact) mass is 429 g/mol. The molecule has 7 heteroatoms. The topological polar surface area (TPSA) is 93.2 Å². The lowest BCUT2D eigenvalue weighted by Gasteiger charge is -2.19. The van der Waals surface area contributed by atoms with Gasteiger partial charge in [-0.15, -0.1) is 0 Å². The molecule has 1 aromatic heterocycles. The largest absolute Gasteiger partial charge is 0.497 e. The third kappa shape index (κ3) is 4.46. The zero-order valence-corrected chi connectivity index (χ0v) is 17.6. The number of benzene rings is 3. The first kappa shape index (κ1) is 21.1. The van der Waals surface area contributed by atoms with Gasteiger partial charge in [-0.3, -0.25) is 9.59 Å². The van der Waals surface area contributed by atoms with E-state index in [4.69, 9.17) is 4.74 Å². The number of carbonyl (C=O) groups is 1. The van der Waals surface area contributed by atoms with Crippen LogP contribution in [0.15, 0.2) is 88.5 Å². The van der Waals surface area contributed by atoms with Crippen LogP contribution in [0.5, 0.6) is 5.75 Å². The summed E-state index contributed by atoms with van der Waals surface area (Å²) >= 11 is 0. The van der Waals surface area contributed by atoms with E-state index in [2.05, 4.69) is 10.3 Å². The molecule has 3 aromatic carbocycles. The molecule has 1 heterocycles. The summed E-state index contributed by atoms with van der Waals surface area (Å²) in [7, 11) is 1.59. The van der Waals surface area contributed by atoms with Gasteiger partial charge in [0.15, 0.2) is 0 Å². The highest BCUT2D eigenvalue weighted by Crippen LogP contribution is 2.15. The number of H-pyrrole nitrogens is 1. The SMILES string of the molecule is COc1ccc(CNC(=O)[C@H](Cc2ccccc2)n2c(=O)[nH]c3ccccc3c2=O)cc1. The number of hydrogen-bond acceptors (Lipinski definition) is 4. The van der Waals surface area contributed by atoms with Crippen LogP contribution in [0.1, 0.15) is 17.2 Å². The van der Waals surface area contributed by atoms with Crippen LogP contribution in [-0.2, 0) is 17.8 Å². The lowest BCUT2D eigenvalue weighted by molar-refractivity contribution is -0.124. The Bertz CT molecular complexity index is 1340. The average molecular weight is 429 g/mol. The average Bonchev–Trinajstić information content (AvgIpc) is 2.83. The van der Waals surface area contributed by atoms with E-state index in [1.54, 1.807) is 31.4 Å². The van der Waals surface area contributed by atoms with E-state index >= 15 is 0 Å². The summed E-state index contributed by atoms with van der Waals surface area (Å²) in [5, 5.41) is 3.22. The number of aromatic nitrogens is 2. The molecule has 1 atom stereocenters. The Kier molecular flexibility index (Phi) is 6.17. The van der Waals surface area contributed by atoms with Crippen LogP contribution < -0.4 is 21.3 Å². The lowest BCUT2D eigenvalue weighted by atomic mass is 10.0. The molecule has 32 heavy (non-hydrogen) atoms. The minimum Gasteiger partial charge on any atom is -0.497 e. The molecule has 0 fully saturated rings. The highest BCUT2D eigenvalue weighted by molar-refractivity contribution is 5.82. The summed E-state index contributed by atoms with van der Waals surface area (Å²) in [4.78, 5) is 42.0. The number of methoxy groups -OCH3 is 1. The fourth-order valence-corrected chi connectivity index (χ4v) is 3.65. The number of hydrogen-bond donors (Lipinski definition) is 2. The zero-order valence-electron chi connectivity index (χ0n) is 17.6. The summed E-state index contributed by atoms with van der Waals surface area (Å²) in [5.41, 5.74) is 1.05. The standard InChI is InChI=1S/C25H23N3O4/c1-32-19-13-11-18(12-14-19)16-26-23(29)22(15-17-7-3-2-4-8-17)28-24(30)20-9-5-6-10-21(20)27-25(28)31/h2-14,22H,15-16H2,1H3,(H,26,29)(H,27,31)/t22-/m0/s1. The number of carbonyl (C=O) groups excluding carboxylic acids is 1. The summed E-state index contributed by atoms with van der Waals surface area (Å²) < 4.78 is 6.17. The fraction of sp³-hybridized carbons (Fsp3) is 0.160. The number of para-hydroxylation sites is 1. The molecule has 7 nitrogen and oxygen atoms in total. The number of ether oxygens (including phenoxy) is 1. The number of rotatable bonds is 7. The van der Waals surface area contributed by atoms with Crippen molar-refractivity contribution in [1.82, 2.24) is 14.9 Å². The first-order chi connectivity index (χ1) is 15.6. The maximum absolute atomic E-state index is 13.2. The molecule has 0 spiro atoms. The third-order valence-corrected chi connectivity index (χ3v) is 5.35. The van der Waals surface area contributed by atoms with E-state index in [0.29, 0.717) is 10.9 Å². The predicted octanol–water partition coefficient (Wildman–Crippen LogP) is 2.80. The van der Waals surface area contributed by atoms with E-state index < -0.39 is 23.2 Å². The highest BCUT2D eigenvalue weighted by atomic mass is 16.5. The molecule has 2 N–H and O–H groups in total. The Morgan fingerprint density at radius 2 is 1.62 bits per heavy atom. The van der Waals surface area contributed by atoms with E-state index in [0.717, 1.165) is 21.4 Å². The van der Waals surface area contributed by atoms with Crippen LogP contribution in [-0.4, -0.2) is 22.6 Å². The van der Waals surface area contributed by atoms with E-state index in [9.17, 15) is 14.4 Å². The highest BCUT2D eigenvalue weighted by Gasteiger charge is 2.25. The van der Waals surface area contributed by atoms with Crippen LogP contribution in [0, 0.1) is 0 Å². The Balaban J connectivity index is 1.69. The second-order valence-corrected chi connectivity index (χ2v) is 7.42. The van der Waals surface area contributed by atoms with Crippen molar-refractivity contribution in [2.24, 2.45) is 0 Å². The summed E-state index contributed by atoms with van der Waals surface area (Å²) in [6, 6.07) is 22.4. The minimum absolute atomic E-state index is 0.205. The molecule has 0 bridgehead atoms. The molecular formula is C25H23N3O4. The van der Waals surface area contributed by atoms with Gasteiger partial charge in [-0.1, -0.05) is 54.6 Å². The molecule has 0 unspecified atom stereocenters. The predicted molar refractivity (Wildman–Crippen MR) is 123 cm³/mol. The zero-order chi connectivity index (χ0) is 22.5. The van der Waals surface area contributed by atoms with Crippen LogP contribution in [0.25, 0.3) is 10.9 Å². The molecule has 4 aromatic rings. The van der Waals surface area contributed by atoms with Gasteiger partial charge >= 0.3 is 5.69 Å². The molecule has 0 saturated carbocycles. The van der Waals surface area contributed by atoms with Crippen molar-refractivity contribution in [2.75, 3.05) is 7.11 Å². The minimum atomic E-state index is -1.00. The summed E-state index contributed by atoms with van der Waals surface area (Å²) in [5.74, 6) is 0.309. The van der Waals surface area contributed by atoms with Gasteiger partial charge < -0.3 is 15.0 Å². The molecule has 0 aliphatic carbocycles. The maximum Gasteiger partial charge on any atom is 0.329 e. The Labute approximate surface area is 184 Å². The van der Waals surface area contributed by atoms with Crippen molar-refractivity contribution in [3.05, 3.63) is 111 Å². The number of nitrogens with zero attached hydrogens (tertiary/aromatic N) is 1. The van der Waals surface area contributed by atoms with Gasteiger partial charge in [0.1, 0.15) is 11.8 Å². The van der Waals surface area contributed by atoms with Gasteiger partial charge in [-0.2, -0.15) is 0 Å². The number of nitrogens with one attached hydrogen (secondary N) is 2. The van der Waals surface area contributed by atoms with Gasteiger partial charge in [0, 0.05) is 13.0 Å². The molecule has 0 aliphatic rings. The molecular weight excluding hydrogens is 406 g/mol. The van der Waals surface area contributed by atoms with Gasteiger partial charge in [0.2, 0.25) is 5.91 Å². The molecule has 0 radical (unpaired) electrons. The quantitative estimate of drug-likeness (QED) is 0.472. The second-order valence-electron chi connectivity index (χ2n) is 7.42. The number of amides is 1. The van der Waals surface area contributed by atoms with Crippen LogP contribution >= 0.6 is 0 Å². The third-order valence-electron chi connectivity index (χ3n) is 5.35. The first-order valence-electron chi connectivity index (χ1n) is 10.2. The van der Waals surface area contributed by atoms with Crippen LogP contribution in [0.4, 0.5) is 0 Å². The maximum atomic E-state index is 13.2.